The second-order valence-electron chi connectivity index (χ2n) is 8.50. The number of amides is 1. The Hall–Kier alpha value is -2.65. The molecule has 0 bridgehead atoms. The molecule has 0 radical (unpaired) electrons. The van der Waals surface area contributed by atoms with E-state index in [0.717, 1.165) is 4.88 Å². The van der Waals surface area contributed by atoms with Gasteiger partial charge in [-0.1, -0.05) is 11.6 Å². The van der Waals surface area contributed by atoms with Crippen LogP contribution in [0, 0.1) is 5.82 Å². The van der Waals surface area contributed by atoms with Crippen LogP contribution in [-0.2, 0) is 27.8 Å². The Morgan fingerprint density at radius 3 is 2.61 bits per heavy atom. The number of carbonyl (C=O) groups excluding carboxylic acids is 1. The highest BCUT2D eigenvalue weighted by molar-refractivity contribution is 7.88. The van der Waals surface area contributed by atoms with Gasteiger partial charge >= 0.3 is 16.3 Å². The number of halogens is 2. The summed E-state index contributed by atoms with van der Waals surface area (Å²) in [7, 11) is -4.12. The van der Waals surface area contributed by atoms with Crippen LogP contribution in [0.5, 0.6) is 0 Å². The number of thiophene rings is 1. The Bertz CT molecular complexity index is 1510. The minimum Gasteiger partial charge on any atom is -0.443 e. The number of rotatable bonds is 8. The Morgan fingerprint density at radius 2 is 1.92 bits per heavy atom. The molecule has 36 heavy (non-hydrogen) atoms. The average Bonchev–Trinajstić information content (AvgIpc) is 3.47. The summed E-state index contributed by atoms with van der Waals surface area (Å²) in [6.45, 7) is 4.75. The van der Waals surface area contributed by atoms with Crippen LogP contribution in [0.25, 0.3) is 20.7 Å². The molecule has 3 aromatic heterocycles. The molecule has 0 fully saturated rings. The van der Waals surface area contributed by atoms with Crippen molar-refractivity contribution >= 4 is 60.8 Å². The lowest BCUT2D eigenvalue weighted by Crippen LogP contribution is -2.43. The zero-order chi connectivity index (χ0) is 26.1. The summed E-state index contributed by atoms with van der Waals surface area (Å²) in [4.78, 5) is 16.8. The normalized spacial score (nSPS) is 12.2. The van der Waals surface area contributed by atoms with Crippen molar-refractivity contribution in [3.05, 3.63) is 51.2 Å². The number of fused-ring (bicyclic) bond motifs is 1. The average molecular weight is 574 g/mol. The molecule has 4 rings (SSSR count). The summed E-state index contributed by atoms with van der Waals surface area (Å²) >= 11 is 8.46. The van der Waals surface area contributed by atoms with E-state index in [0.29, 0.717) is 25.1 Å². The molecule has 15 heteroatoms. The molecule has 0 aliphatic carbocycles. The van der Waals surface area contributed by atoms with Crippen molar-refractivity contribution in [3.8, 4) is 10.4 Å². The van der Waals surface area contributed by atoms with Gasteiger partial charge in [0.25, 0.3) is 0 Å². The number of ether oxygens (including phenoxy) is 1. The number of nitrogens with one attached hydrogen (secondary N) is 2. The molecule has 1 aromatic carbocycles. The largest absolute Gasteiger partial charge is 0.443 e. The van der Waals surface area contributed by atoms with Crippen LogP contribution < -0.4 is 9.44 Å². The van der Waals surface area contributed by atoms with Crippen LogP contribution >= 0.6 is 34.3 Å². The van der Waals surface area contributed by atoms with E-state index < -0.39 is 21.9 Å². The van der Waals surface area contributed by atoms with E-state index in [1.54, 1.807) is 49.8 Å². The van der Waals surface area contributed by atoms with Gasteiger partial charge in [-0.25, -0.2) is 18.9 Å². The van der Waals surface area contributed by atoms with Gasteiger partial charge in [-0.3, -0.25) is 0 Å². The monoisotopic (exact) mass is 573 g/mol. The van der Waals surface area contributed by atoms with Crippen LogP contribution in [0.4, 0.5) is 9.18 Å². The molecule has 2 N–H and O–H groups in total. The first-order chi connectivity index (χ1) is 16.9. The molecule has 0 atom stereocenters. The van der Waals surface area contributed by atoms with Crippen molar-refractivity contribution in [2.75, 3.05) is 6.54 Å². The fraction of sp³-hybridized carbons (Fsp3) is 0.333. The predicted molar refractivity (Wildman–Crippen MR) is 135 cm³/mol. The van der Waals surface area contributed by atoms with Gasteiger partial charge in [0, 0.05) is 23.4 Å². The minimum absolute atomic E-state index is 0.0867. The Labute approximate surface area is 219 Å². The molecule has 0 saturated carbocycles. The smallest absolute Gasteiger partial charge is 0.422 e. The van der Waals surface area contributed by atoms with Gasteiger partial charge in [-0.15, -0.1) is 32.9 Å². The minimum atomic E-state index is -4.12. The first-order valence-electron chi connectivity index (χ1n) is 10.5. The summed E-state index contributed by atoms with van der Waals surface area (Å²) in [5.74, 6) is 0.0758. The molecule has 10 nitrogen and oxygen atoms in total. The molecular formula is C21H21ClFN5O5S3. The van der Waals surface area contributed by atoms with Crippen molar-refractivity contribution in [2.45, 2.75) is 39.2 Å². The summed E-state index contributed by atoms with van der Waals surface area (Å²) in [5.41, 5.74) is 0.138. The molecule has 0 spiro atoms. The first kappa shape index (κ1) is 26.4. The number of benzene rings is 1. The van der Waals surface area contributed by atoms with Crippen LogP contribution in [-0.4, -0.2) is 41.8 Å². The first-order valence-corrected chi connectivity index (χ1v) is 14.0. The van der Waals surface area contributed by atoms with E-state index in [2.05, 4.69) is 19.9 Å². The third-order valence-electron chi connectivity index (χ3n) is 4.44. The van der Waals surface area contributed by atoms with Crippen molar-refractivity contribution < 1.29 is 26.8 Å². The molecule has 192 valence electrons. The number of thiazole rings is 1. The molecular weight excluding hydrogens is 553 g/mol. The fourth-order valence-corrected chi connectivity index (χ4v) is 5.82. The van der Waals surface area contributed by atoms with E-state index in [-0.39, 0.29) is 37.0 Å². The topological polar surface area (TPSA) is 136 Å². The Kier molecular flexibility index (Phi) is 7.61. The maximum Gasteiger partial charge on any atom is 0.422 e. The highest BCUT2D eigenvalue weighted by atomic mass is 35.5. The fourth-order valence-electron chi connectivity index (χ4n) is 3.06. The number of hydrogen-bond donors (Lipinski definition) is 2. The van der Waals surface area contributed by atoms with Gasteiger partial charge in [0.05, 0.1) is 21.0 Å². The van der Waals surface area contributed by atoms with E-state index in [1.807, 2.05) is 0 Å². The zero-order valence-electron chi connectivity index (χ0n) is 19.3. The Morgan fingerprint density at radius 1 is 1.17 bits per heavy atom. The molecule has 4 aromatic rings. The van der Waals surface area contributed by atoms with Gasteiger partial charge < -0.3 is 9.15 Å². The highest BCUT2D eigenvalue weighted by Crippen LogP contribution is 2.37. The number of aromatic nitrogens is 3. The van der Waals surface area contributed by atoms with Gasteiger partial charge in [0.15, 0.2) is 5.82 Å². The van der Waals surface area contributed by atoms with E-state index >= 15 is 4.39 Å². The number of hydrogen-bond acceptors (Lipinski definition) is 10. The van der Waals surface area contributed by atoms with Crippen molar-refractivity contribution in [1.82, 2.24) is 24.6 Å². The summed E-state index contributed by atoms with van der Waals surface area (Å²) in [5, 5.41) is 8.43. The molecule has 3 heterocycles. The third kappa shape index (κ3) is 6.76. The van der Waals surface area contributed by atoms with Crippen LogP contribution in [0.1, 0.15) is 37.6 Å². The Balaban J connectivity index is 1.35. The quantitative estimate of drug-likeness (QED) is 0.310. The lowest BCUT2D eigenvalue weighted by Gasteiger charge is -2.19. The number of nitrogens with zero attached hydrogens (tertiary/aromatic N) is 3. The molecule has 0 aliphatic heterocycles. The molecule has 0 unspecified atom stereocenters. The van der Waals surface area contributed by atoms with Crippen LogP contribution in [0.3, 0.4) is 0 Å². The van der Waals surface area contributed by atoms with Crippen LogP contribution in [0.2, 0.25) is 4.34 Å². The van der Waals surface area contributed by atoms with E-state index in [4.69, 9.17) is 20.8 Å². The van der Waals surface area contributed by atoms with Crippen molar-refractivity contribution in [3.63, 3.8) is 0 Å². The second kappa shape index (κ2) is 10.4. The summed E-state index contributed by atoms with van der Waals surface area (Å²) in [6.07, 6.45) is -0.810. The van der Waals surface area contributed by atoms with E-state index in [1.165, 1.54) is 22.7 Å². The lowest BCUT2D eigenvalue weighted by molar-refractivity contribution is 0.0569. The van der Waals surface area contributed by atoms with Crippen LogP contribution in [0.15, 0.2) is 28.7 Å². The van der Waals surface area contributed by atoms with Crippen molar-refractivity contribution in [2.24, 2.45) is 0 Å². The second-order valence-corrected chi connectivity index (χ2v) is 12.8. The van der Waals surface area contributed by atoms with Gasteiger partial charge in [0.1, 0.15) is 10.6 Å². The number of carbonyl (C=O) groups is 1. The van der Waals surface area contributed by atoms with Gasteiger partial charge in [-0.05, 0) is 45.0 Å². The van der Waals surface area contributed by atoms with E-state index in [9.17, 15) is 13.2 Å². The van der Waals surface area contributed by atoms with Crippen molar-refractivity contribution in [1.29, 1.82) is 0 Å². The molecule has 0 saturated heterocycles. The lowest BCUT2D eigenvalue weighted by atomic mass is 10.1. The standard InChI is InChI=1S/C21H21ClFN5O5S3/c1-21(2,3)33-20(29)28-36(30,31)24-9-8-15-26-27-16(32-15)10-17-25-12-5-4-11(18(23)19(12)35-17)13-6-7-14(22)34-13/h4-7,24H,8-10H2,1-3H3,(H,28,29). The highest BCUT2D eigenvalue weighted by Gasteiger charge is 2.21. The molecule has 0 aliphatic rings. The van der Waals surface area contributed by atoms with Gasteiger partial charge in [-0.2, -0.15) is 13.1 Å². The maximum absolute atomic E-state index is 15.1. The zero-order valence-corrected chi connectivity index (χ0v) is 22.5. The SMILES string of the molecule is CC(C)(C)OC(=O)NS(=O)(=O)NCCc1nnc(Cc2nc3ccc(-c4ccc(Cl)s4)c(F)c3s2)o1. The molecule has 1 amide bonds. The third-order valence-corrected chi connectivity index (χ3v) is 7.79. The van der Waals surface area contributed by atoms with Gasteiger partial charge in [0.2, 0.25) is 11.8 Å². The summed E-state index contributed by atoms with van der Waals surface area (Å²) < 4.78 is 54.5. The summed E-state index contributed by atoms with van der Waals surface area (Å²) in [6, 6.07) is 6.91. The predicted octanol–water partition coefficient (Wildman–Crippen LogP) is 4.69. The maximum atomic E-state index is 15.1.